The number of carbonyl (C=O) groups excluding carboxylic acids is 1. The number of hydrogen-bond donors (Lipinski definition) is 2. The molecule has 5 nitrogen and oxygen atoms in total. The number of nitrogens with one attached hydrogen (secondary N) is 1. The molecule has 1 amide bonds. The van der Waals surface area contributed by atoms with E-state index in [1.807, 2.05) is 19.1 Å². The molecule has 0 unspecified atom stereocenters. The van der Waals surface area contributed by atoms with Crippen molar-refractivity contribution < 1.29 is 19.1 Å². The predicted octanol–water partition coefficient (Wildman–Crippen LogP) is 4.60. The molecule has 3 aromatic rings. The van der Waals surface area contributed by atoms with Gasteiger partial charge in [-0.15, -0.1) is 0 Å². The predicted molar refractivity (Wildman–Crippen MR) is 92.0 cm³/mol. The Balaban J connectivity index is 2.01. The van der Waals surface area contributed by atoms with Crippen LogP contribution in [0.3, 0.4) is 0 Å². The Labute approximate surface area is 142 Å². The molecule has 24 heavy (non-hydrogen) atoms. The van der Waals surface area contributed by atoms with Crippen LogP contribution in [-0.2, 0) is 6.42 Å². The maximum absolute atomic E-state index is 12.4. The minimum absolute atomic E-state index is 0.101. The lowest BCUT2D eigenvalue weighted by molar-refractivity contribution is 0.0666. The first-order chi connectivity index (χ1) is 11.5. The number of carbonyl (C=O) groups is 2. The summed E-state index contributed by atoms with van der Waals surface area (Å²) in [6.45, 7) is 2.02. The van der Waals surface area contributed by atoms with Crippen LogP contribution in [-0.4, -0.2) is 17.0 Å². The van der Waals surface area contributed by atoms with Gasteiger partial charge in [0.2, 0.25) is 5.76 Å². The van der Waals surface area contributed by atoms with Crippen LogP contribution in [0.4, 0.5) is 5.69 Å². The highest BCUT2D eigenvalue weighted by atomic mass is 35.5. The van der Waals surface area contributed by atoms with Gasteiger partial charge in [0.25, 0.3) is 5.91 Å². The summed E-state index contributed by atoms with van der Waals surface area (Å²) in [5.74, 6) is -2.01. The molecule has 122 valence electrons. The number of fused-ring (bicyclic) bond motifs is 1. The topological polar surface area (TPSA) is 79.5 Å². The van der Waals surface area contributed by atoms with Gasteiger partial charge in [-0.1, -0.05) is 30.7 Å². The normalized spacial score (nSPS) is 10.8. The lowest BCUT2D eigenvalue weighted by atomic mass is 10.1. The molecule has 6 heteroatoms. The van der Waals surface area contributed by atoms with Crippen LogP contribution in [0.1, 0.15) is 33.4 Å². The van der Waals surface area contributed by atoms with Crippen LogP contribution < -0.4 is 5.32 Å². The van der Waals surface area contributed by atoms with Crippen molar-refractivity contribution >= 4 is 40.1 Å². The summed E-state index contributed by atoms with van der Waals surface area (Å²) < 4.78 is 5.32. The van der Waals surface area contributed by atoms with Gasteiger partial charge >= 0.3 is 5.97 Å². The molecule has 0 spiro atoms. The van der Waals surface area contributed by atoms with Crippen molar-refractivity contribution in [3.8, 4) is 0 Å². The van der Waals surface area contributed by atoms with E-state index in [9.17, 15) is 14.7 Å². The molecule has 0 saturated carbocycles. The second kappa shape index (κ2) is 6.37. The molecule has 1 heterocycles. The van der Waals surface area contributed by atoms with Crippen LogP contribution in [0, 0.1) is 0 Å². The summed E-state index contributed by atoms with van der Waals surface area (Å²) in [7, 11) is 0. The van der Waals surface area contributed by atoms with Gasteiger partial charge in [-0.3, -0.25) is 4.79 Å². The summed E-state index contributed by atoms with van der Waals surface area (Å²) in [5, 5.41) is 12.8. The Hall–Kier alpha value is -2.79. The third-order valence-corrected chi connectivity index (χ3v) is 3.94. The quantitative estimate of drug-likeness (QED) is 0.725. The van der Waals surface area contributed by atoms with Crippen molar-refractivity contribution in [2.24, 2.45) is 0 Å². The molecule has 0 radical (unpaired) electrons. The highest BCUT2D eigenvalue weighted by Crippen LogP contribution is 2.33. The maximum Gasteiger partial charge on any atom is 0.374 e. The first-order valence-corrected chi connectivity index (χ1v) is 7.73. The van der Waals surface area contributed by atoms with Gasteiger partial charge in [-0.25, -0.2) is 4.79 Å². The van der Waals surface area contributed by atoms with E-state index in [2.05, 4.69) is 5.32 Å². The number of amides is 1. The molecule has 0 saturated heterocycles. The third-order valence-electron chi connectivity index (χ3n) is 3.71. The van der Waals surface area contributed by atoms with Crippen molar-refractivity contribution in [1.29, 1.82) is 0 Å². The zero-order valence-corrected chi connectivity index (χ0v) is 13.6. The lowest BCUT2D eigenvalue weighted by Crippen LogP contribution is -2.14. The van der Waals surface area contributed by atoms with E-state index in [0.717, 1.165) is 12.0 Å². The maximum atomic E-state index is 12.4. The molecule has 2 N–H and O–H groups in total. The molecule has 0 aliphatic rings. The summed E-state index contributed by atoms with van der Waals surface area (Å²) in [6.07, 6.45) is 0.871. The van der Waals surface area contributed by atoms with Gasteiger partial charge in [-0.05, 0) is 42.3 Å². The number of benzene rings is 2. The summed E-state index contributed by atoms with van der Waals surface area (Å²) in [5.41, 5.74) is 1.98. The van der Waals surface area contributed by atoms with Crippen LogP contribution in [0.5, 0.6) is 0 Å². The summed E-state index contributed by atoms with van der Waals surface area (Å²) in [4.78, 5) is 23.8. The van der Waals surface area contributed by atoms with E-state index in [1.54, 1.807) is 30.3 Å². The molecule has 0 bridgehead atoms. The highest BCUT2D eigenvalue weighted by molar-refractivity contribution is 6.31. The molecular formula is C18H14ClNO4. The Morgan fingerprint density at radius 2 is 1.88 bits per heavy atom. The number of anilines is 1. The number of aryl methyl sites for hydroxylation is 1. The van der Waals surface area contributed by atoms with E-state index < -0.39 is 11.9 Å². The highest BCUT2D eigenvalue weighted by Gasteiger charge is 2.22. The van der Waals surface area contributed by atoms with E-state index in [0.29, 0.717) is 21.6 Å². The van der Waals surface area contributed by atoms with Crippen molar-refractivity contribution in [2.75, 3.05) is 5.32 Å². The number of halogens is 1. The molecule has 0 aliphatic carbocycles. The average molecular weight is 344 g/mol. The number of rotatable bonds is 4. The number of carboxylic acids is 1. The van der Waals surface area contributed by atoms with Crippen LogP contribution in [0.15, 0.2) is 46.9 Å². The van der Waals surface area contributed by atoms with Crippen LogP contribution in [0.2, 0.25) is 5.02 Å². The van der Waals surface area contributed by atoms with Crippen LogP contribution in [0.25, 0.3) is 11.0 Å². The SMILES string of the molecule is CCc1ccc(C(=O)Nc2c(C(=O)O)oc3ccc(Cl)cc23)cc1. The second-order valence-electron chi connectivity index (χ2n) is 5.26. The molecule has 3 rings (SSSR count). The molecule has 0 aliphatic heterocycles. The zero-order valence-electron chi connectivity index (χ0n) is 12.8. The van der Waals surface area contributed by atoms with Gasteiger partial charge < -0.3 is 14.8 Å². The van der Waals surface area contributed by atoms with Gasteiger partial charge in [-0.2, -0.15) is 0 Å². The number of carboxylic acid groups (broad SMARTS) is 1. The lowest BCUT2D eigenvalue weighted by Gasteiger charge is -2.05. The van der Waals surface area contributed by atoms with Gasteiger partial charge in [0.1, 0.15) is 11.3 Å². The fourth-order valence-corrected chi connectivity index (χ4v) is 2.59. The second-order valence-corrected chi connectivity index (χ2v) is 5.69. The first kappa shape index (κ1) is 16.1. The molecule has 0 atom stereocenters. The summed E-state index contributed by atoms with van der Waals surface area (Å²) >= 11 is 5.96. The Bertz CT molecular complexity index is 928. The Morgan fingerprint density at radius 1 is 1.17 bits per heavy atom. The number of hydrogen-bond acceptors (Lipinski definition) is 3. The monoisotopic (exact) mass is 343 g/mol. The largest absolute Gasteiger partial charge is 0.475 e. The van der Waals surface area contributed by atoms with Crippen molar-refractivity contribution in [3.63, 3.8) is 0 Å². The van der Waals surface area contributed by atoms with Crippen molar-refractivity contribution in [3.05, 3.63) is 64.4 Å². The minimum atomic E-state index is -1.26. The molecular weight excluding hydrogens is 330 g/mol. The third kappa shape index (κ3) is 2.98. The number of furan rings is 1. The zero-order chi connectivity index (χ0) is 17.3. The molecule has 0 fully saturated rings. The minimum Gasteiger partial charge on any atom is -0.475 e. The fraction of sp³-hybridized carbons (Fsp3) is 0.111. The van der Waals surface area contributed by atoms with Gasteiger partial charge in [0.15, 0.2) is 0 Å². The number of aromatic carboxylic acids is 1. The van der Waals surface area contributed by atoms with E-state index in [1.165, 1.54) is 0 Å². The van der Waals surface area contributed by atoms with Gasteiger partial charge in [0, 0.05) is 16.0 Å². The Morgan fingerprint density at radius 3 is 2.50 bits per heavy atom. The molecule has 2 aromatic carbocycles. The smallest absolute Gasteiger partial charge is 0.374 e. The van der Waals surface area contributed by atoms with E-state index in [4.69, 9.17) is 16.0 Å². The standard InChI is InChI=1S/C18H14ClNO4/c1-2-10-3-5-11(6-4-10)17(21)20-15-13-9-12(19)7-8-14(13)24-16(15)18(22)23/h3-9H,2H2,1H3,(H,20,21)(H,22,23). The molecule has 1 aromatic heterocycles. The van der Waals surface area contributed by atoms with Crippen LogP contribution >= 0.6 is 11.6 Å². The Kier molecular flexibility index (Phi) is 4.27. The van der Waals surface area contributed by atoms with E-state index >= 15 is 0 Å². The first-order valence-electron chi connectivity index (χ1n) is 7.35. The van der Waals surface area contributed by atoms with Crippen molar-refractivity contribution in [2.45, 2.75) is 13.3 Å². The average Bonchev–Trinajstić information content (AvgIpc) is 2.93. The summed E-state index contributed by atoms with van der Waals surface area (Å²) in [6, 6.07) is 11.8. The van der Waals surface area contributed by atoms with Gasteiger partial charge in [0.05, 0.1) is 0 Å². The van der Waals surface area contributed by atoms with E-state index in [-0.39, 0.29) is 11.4 Å². The van der Waals surface area contributed by atoms with Crippen molar-refractivity contribution in [1.82, 2.24) is 0 Å². The fourth-order valence-electron chi connectivity index (χ4n) is 2.42.